The molecule has 0 bridgehead atoms. The Morgan fingerprint density at radius 3 is 1.89 bits per heavy atom. The number of benzene rings is 3. The van der Waals surface area contributed by atoms with Crippen molar-refractivity contribution in [3.05, 3.63) is 95.6 Å². The Morgan fingerprint density at radius 2 is 1.34 bits per heavy atom. The first kappa shape index (κ1) is 26.9. The van der Waals surface area contributed by atoms with Gasteiger partial charge in [0.15, 0.2) is 0 Å². The largest absolute Gasteiger partial charge is 0.339 e. The molecule has 8 heteroatoms. The molecule has 5 rings (SSSR count). The van der Waals surface area contributed by atoms with E-state index in [9.17, 15) is 13.2 Å². The van der Waals surface area contributed by atoms with Crippen LogP contribution in [0.2, 0.25) is 0 Å². The van der Waals surface area contributed by atoms with Gasteiger partial charge in [0.05, 0.1) is 16.5 Å². The summed E-state index contributed by atoms with van der Waals surface area (Å²) in [5.74, 6) is -0.0653. The van der Waals surface area contributed by atoms with Gasteiger partial charge in [-0.05, 0) is 54.8 Å². The van der Waals surface area contributed by atoms with E-state index in [0.717, 1.165) is 37.2 Å². The molecule has 38 heavy (non-hydrogen) atoms. The van der Waals surface area contributed by atoms with E-state index in [2.05, 4.69) is 29.2 Å². The standard InChI is InChI=1S/C30H35N3O3S2/c1-37-28-16-15-26(23-27(28)30(34)32-17-9-4-10-18-32)38(35,36)33-21-19-31(20-22-33)29(24-11-5-2-6-12-24)25-13-7-3-8-14-25/h2-3,5-8,11-16,23,29H,4,9-10,17-22H2,1H3. The minimum Gasteiger partial charge on any atom is -0.339 e. The first-order valence-electron chi connectivity index (χ1n) is 13.3. The van der Waals surface area contributed by atoms with Crippen molar-refractivity contribution in [1.29, 1.82) is 0 Å². The molecule has 0 radical (unpaired) electrons. The van der Waals surface area contributed by atoms with Crippen LogP contribution in [0.3, 0.4) is 0 Å². The molecule has 2 saturated heterocycles. The molecule has 200 valence electrons. The summed E-state index contributed by atoms with van der Waals surface area (Å²) in [4.78, 5) is 18.6. The lowest BCUT2D eigenvalue weighted by molar-refractivity contribution is 0.0720. The highest BCUT2D eigenvalue weighted by Gasteiger charge is 2.33. The third kappa shape index (κ3) is 5.69. The van der Waals surface area contributed by atoms with Crippen molar-refractivity contribution < 1.29 is 13.2 Å². The predicted molar refractivity (Wildman–Crippen MR) is 153 cm³/mol. The molecule has 0 spiro atoms. The molecule has 0 aliphatic carbocycles. The number of piperidine rings is 1. The Hall–Kier alpha value is -2.65. The van der Waals surface area contributed by atoms with Crippen molar-refractivity contribution in [3.8, 4) is 0 Å². The summed E-state index contributed by atoms with van der Waals surface area (Å²) >= 11 is 1.48. The van der Waals surface area contributed by atoms with E-state index in [1.54, 1.807) is 22.5 Å². The molecular weight excluding hydrogens is 514 g/mol. The summed E-state index contributed by atoms with van der Waals surface area (Å²) in [7, 11) is -3.73. The van der Waals surface area contributed by atoms with E-state index in [0.29, 0.717) is 31.7 Å². The van der Waals surface area contributed by atoms with Crippen LogP contribution in [0.4, 0.5) is 0 Å². The summed E-state index contributed by atoms with van der Waals surface area (Å²) in [6.45, 7) is 3.51. The highest BCUT2D eigenvalue weighted by Crippen LogP contribution is 2.32. The molecule has 3 aromatic carbocycles. The quantitative estimate of drug-likeness (QED) is 0.383. The van der Waals surface area contributed by atoms with Crippen LogP contribution in [-0.4, -0.2) is 74.0 Å². The van der Waals surface area contributed by atoms with Crippen LogP contribution in [0, 0.1) is 0 Å². The van der Waals surface area contributed by atoms with Gasteiger partial charge in [-0.2, -0.15) is 4.31 Å². The van der Waals surface area contributed by atoms with Crippen molar-refractivity contribution in [1.82, 2.24) is 14.1 Å². The number of nitrogens with zero attached hydrogens (tertiary/aromatic N) is 3. The number of hydrogen-bond acceptors (Lipinski definition) is 5. The first-order chi connectivity index (χ1) is 18.5. The number of amides is 1. The topological polar surface area (TPSA) is 60.9 Å². The number of sulfonamides is 1. The number of carbonyl (C=O) groups excluding carboxylic acids is 1. The van der Waals surface area contributed by atoms with Gasteiger partial charge in [-0.25, -0.2) is 8.42 Å². The summed E-state index contributed by atoms with van der Waals surface area (Å²) < 4.78 is 29.0. The van der Waals surface area contributed by atoms with Gasteiger partial charge in [0.1, 0.15) is 0 Å². The van der Waals surface area contributed by atoms with Crippen molar-refractivity contribution in [3.63, 3.8) is 0 Å². The minimum absolute atomic E-state index is 0.0653. The summed E-state index contributed by atoms with van der Waals surface area (Å²) in [5.41, 5.74) is 2.89. The number of carbonyl (C=O) groups is 1. The Bertz CT molecular complexity index is 1300. The van der Waals surface area contributed by atoms with E-state index >= 15 is 0 Å². The molecule has 0 unspecified atom stereocenters. The van der Waals surface area contributed by atoms with E-state index in [1.807, 2.05) is 47.6 Å². The fourth-order valence-corrected chi connectivity index (χ4v) is 7.54. The normalized spacial score (nSPS) is 17.6. The molecular formula is C30H35N3O3S2. The fourth-order valence-electron chi connectivity index (χ4n) is 5.52. The summed E-state index contributed by atoms with van der Waals surface area (Å²) in [6, 6.07) is 25.9. The second kappa shape index (κ2) is 12.0. The maximum absolute atomic E-state index is 13.7. The Balaban J connectivity index is 1.36. The van der Waals surface area contributed by atoms with Gasteiger partial charge in [0.2, 0.25) is 10.0 Å². The van der Waals surface area contributed by atoms with Crippen LogP contribution < -0.4 is 0 Å². The van der Waals surface area contributed by atoms with Crippen LogP contribution >= 0.6 is 11.8 Å². The Morgan fingerprint density at radius 1 is 0.763 bits per heavy atom. The maximum Gasteiger partial charge on any atom is 0.255 e. The second-order valence-electron chi connectivity index (χ2n) is 9.88. The van der Waals surface area contributed by atoms with Crippen LogP contribution in [-0.2, 0) is 10.0 Å². The lowest BCUT2D eigenvalue weighted by atomic mass is 9.96. The van der Waals surface area contributed by atoms with Crippen LogP contribution in [0.5, 0.6) is 0 Å². The predicted octanol–water partition coefficient (Wildman–Crippen LogP) is 5.13. The van der Waals surface area contributed by atoms with Crippen molar-refractivity contribution >= 4 is 27.7 Å². The molecule has 2 heterocycles. The van der Waals surface area contributed by atoms with Crippen LogP contribution in [0.1, 0.15) is 46.8 Å². The lowest BCUT2D eigenvalue weighted by Gasteiger charge is -2.39. The zero-order valence-corrected chi connectivity index (χ0v) is 23.5. The molecule has 1 amide bonds. The zero-order chi connectivity index (χ0) is 26.5. The van der Waals surface area contributed by atoms with Gasteiger partial charge in [-0.3, -0.25) is 9.69 Å². The summed E-state index contributed by atoms with van der Waals surface area (Å²) in [6.07, 6.45) is 5.05. The van der Waals surface area contributed by atoms with Gasteiger partial charge in [-0.15, -0.1) is 11.8 Å². The molecule has 0 N–H and O–H groups in total. The SMILES string of the molecule is CSc1ccc(S(=O)(=O)N2CCN(C(c3ccccc3)c3ccccc3)CC2)cc1C(=O)N1CCCCC1. The van der Waals surface area contributed by atoms with Crippen LogP contribution in [0.25, 0.3) is 0 Å². The molecule has 2 aliphatic heterocycles. The van der Waals surface area contributed by atoms with Gasteiger partial charge >= 0.3 is 0 Å². The monoisotopic (exact) mass is 549 g/mol. The average molecular weight is 550 g/mol. The van der Waals surface area contributed by atoms with Gasteiger partial charge < -0.3 is 4.90 Å². The van der Waals surface area contributed by atoms with Gasteiger partial charge in [0, 0.05) is 44.2 Å². The summed E-state index contributed by atoms with van der Waals surface area (Å²) in [5, 5.41) is 0. The molecule has 3 aromatic rings. The number of hydrogen-bond donors (Lipinski definition) is 0. The minimum atomic E-state index is -3.73. The number of rotatable bonds is 7. The molecule has 2 fully saturated rings. The molecule has 0 atom stereocenters. The lowest BCUT2D eigenvalue weighted by Crippen LogP contribution is -2.49. The highest BCUT2D eigenvalue weighted by atomic mass is 32.2. The molecule has 2 aliphatic rings. The molecule has 0 saturated carbocycles. The van der Waals surface area contributed by atoms with Crippen molar-refractivity contribution in [2.24, 2.45) is 0 Å². The molecule has 6 nitrogen and oxygen atoms in total. The fraction of sp³-hybridized carbons (Fsp3) is 0.367. The maximum atomic E-state index is 13.7. The highest BCUT2D eigenvalue weighted by molar-refractivity contribution is 7.98. The van der Waals surface area contributed by atoms with E-state index in [-0.39, 0.29) is 16.8 Å². The van der Waals surface area contributed by atoms with E-state index < -0.39 is 10.0 Å². The number of thioether (sulfide) groups is 1. The third-order valence-corrected chi connectivity index (χ3v) is 10.2. The van der Waals surface area contributed by atoms with Crippen molar-refractivity contribution in [2.45, 2.75) is 35.1 Å². The van der Waals surface area contributed by atoms with Crippen LogP contribution in [0.15, 0.2) is 88.7 Å². The number of likely N-dealkylation sites (tertiary alicyclic amines) is 1. The van der Waals surface area contributed by atoms with Crippen molar-refractivity contribution in [2.75, 3.05) is 45.5 Å². The van der Waals surface area contributed by atoms with Gasteiger partial charge in [-0.1, -0.05) is 60.7 Å². The Kier molecular flexibility index (Phi) is 8.53. The Labute approximate surface area is 230 Å². The second-order valence-corrected chi connectivity index (χ2v) is 12.7. The third-order valence-electron chi connectivity index (χ3n) is 7.55. The smallest absolute Gasteiger partial charge is 0.255 e. The number of piperazine rings is 1. The van der Waals surface area contributed by atoms with E-state index in [1.165, 1.54) is 22.9 Å². The zero-order valence-electron chi connectivity index (χ0n) is 21.8. The first-order valence-corrected chi connectivity index (χ1v) is 16.0. The molecule has 0 aromatic heterocycles. The van der Waals surface area contributed by atoms with Gasteiger partial charge in [0.25, 0.3) is 5.91 Å². The van der Waals surface area contributed by atoms with E-state index in [4.69, 9.17) is 0 Å². The average Bonchev–Trinajstić information content (AvgIpc) is 2.98.